The smallest absolute Gasteiger partial charge is 0.383 e. The molecule has 0 saturated carbocycles. The van der Waals surface area contributed by atoms with E-state index in [4.69, 9.17) is 4.74 Å². The molecule has 0 aliphatic rings. The molecule has 2 aromatic heterocycles. The van der Waals surface area contributed by atoms with Crippen LogP contribution in [0.1, 0.15) is 29.8 Å². The number of carbonyl (C=O) groups is 1. The summed E-state index contributed by atoms with van der Waals surface area (Å²) in [5.74, 6) is 0.188. The number of hydrogen-bond acceptors (Lipinski definition) is 7. The second kappa shape index (κ2) is 10.8. The minimum absolute atomic E-state index is 0.149. The van der Waals surface area contributed by atoms with Gasteiger partial charge in [0.05, 0.1) is 30.3 Å². The van der Waals surface area contributed by atoms with E-state index in [0.29, 0.717) is 36.3 Å². The number of benzene rings is 1. The largest absolute Gasteiger partial charge is 0.416 e. The van der Waals surface area contributed by atoms with Crippen LogP contribution in [0.25, 0.3) is 11.0 Å². The average Bonchev–Trinajstić information content (AvgIpc) is 3.16. The molecule has 1 amide bonds. The maximum absolute atomic E-state index is 12.7. The first-order valence-electron chi connectivity index (χ1n) is 10.3. The maximum Gasteiger partial charge on any atom is 0.416 e. The van der Waals surface area contributed by atoms with Crippen LogP contribution in [0.2, 0.25) is 0 Å². The molecule has 0 bridgehead atoms. The van der Waals surface area contributed by atoms with E-state index in [2.05, 4.69) is 25.7 Å². The number of hydrogen-bond donors (Lipinski definition) is 2. The van der Waals surface area contributed by atoms with E-state index < -0.39 is 17.6 Å². The standard InChI is InChI=1S/C21H25F3N6O2S/c1-13(2)33-20-28-17(25-9-11-32-3)16-12-27-30(18(16)29-20)10-8-26-19(31)14-4-6-15(7-5-14)21(22,23)24/h4-7,12-13H,8-11H2,1-3H3,(H,26,31)(H,25,28,29). The molecule has 2 heterocycles. The Morgan fingerprint density at radius 3 is 2.55 bits per heavy atom. The highest BCUT2D eigenvalue weighted by atomic mass is 32.2. The van der Waals surface area contributed by atoms with Crippen LogP contribution < -0.4 is 10.6 Å². The Hall–Kier alpha value is -2.86. The molecule has 0 saturated heterocycles. The fourth-order valence-electron chi connectivity index (χ4n) is 2.96. The lowest BCUT2D eigenvalue weighted by Gasteiger charge is -2.11. The fraction of sp³-hybridized carbons (Fsp3) is 0.429. The van der Waals surface area contributed by atoms with Crippen molar-refractivity contribution in [2.75, 3.05) is 32.1 Å². The number of carbonyl (C=O) groups excluding carboxylic acids is 1. The quantitative estimate of drug-likeness (QED) is 0.258. The van der Waals surface area contributed by atoms with Crippen molar-refractivity contribution in [1.82, 2.24) is 25.1 Å². The van der Waals surface area contributed by atoms with Gasteiger partial charge in [-0.2, -0.15) is 18.3 Å². The van der Waals surface area contributed by atoms with Crippen LogP contribution >= 0.6 is 11.8 Å². The predicted molar refractivity (Wildman–Crippen MR) is 120 cm³/mol. The number of aromatic nitrogens is 4. The van der Waals surface area contributed by atoms with Gasteiger partial charge in [-0.25, -0.2) is 14.6 Å². The molecule has 0 radical (unpaired) electrons. The van der Waals surface area contributed by atoms with Gasteiger partial charge in [0.25, 0.3) is 5.91 Å². The molecule has 1 aromatic carbocycles. The van der Waals surface area contributed by atoms with E-state index in [1.807, 2.05) is 13.8 Å². The lowest BCUT2D eigenvalue weighted by Crippen LogP contribution is -2.27. The zero-order valence-electron chi connectivity index (χ0n) is 18.4. The van der Waals surface area contributed by atoms with Crippen LogP contribution in [-0.4, -0.2) is 57.7 Å². The zero-order valence-corrected chi connectivity index (χ0v) is 19.3. The molecule has 0 unspecified atom stereocenters. The fourth-order valence-corrected chi connectivity index (χ4v) is 3.66. The zero-order chi connectivity index (χ0) is 24.0. The van der Waals surface area contributed by atoms with E-state index >= 15 is 0 Å². The first-order valence-corrected chi connectivity index (χ1v) is 11.2. The van der Waals surface area contributed by atoms with Gasteiger partial charge in [0.15, 0.2) is 10.8 Å². The summed E-state index contributed by atoms with van der Waals surface area (Å²) in [6.45, 7) is 5.73. The number of methoxy groups -OCH3 is 1. The van der Waals surface area contributed by atoms with Crippen molar-refractivity contribution < 1.29 is 22.7 Å². The summed E-state index contributed by atoms with van der Waals surface area (Å²) in [5.41, 5.74) is -0.0283. The summed E-state index contributed by atoms with van der Waals surface area (Å²) in [5, 5.41) is 11.9. The molecule has 0 fully saturated rings. The van der Waals surface area contributed by atoms with Crippen molar-refractivity contribution >= 4 is 34.5 Å². The predicted octanol–water partition coefficient (Wildman–Crippen LogP) is 3.83. The van der Waals surface area contributed by atoms with Gasteiger partial charge in [-0.3, -0.25) is 4.79 Å². The minimum atomic E-state index is -4.44. The highest BCUT2D eigenvalue weighted by Gasteiger charge is 2.30. The van der Waals surface area contributed by atoms with Crippen LogP contribution in [0.5, 0.6) is 0 Å². The van der Waals surface area contributed by atoms with Gasteiger partial charge in [-0.05, 0) is 24.3 Å². The molecule has 0 atom stereocenters. The van der Waals surface area contributed by atoms with Crippen LogP contribution in [0.15, 0.2) is 35.6 Å². The molecule has 3 aromatic rings. The van der Waals surface area contributed by atoms with E-state index in [-0.39, 0.29) is 17.4 Å². The summed E-state index contributed by atoms with van der Waals surface area (Å²) >= 11 is 1.52. The maximum atomic E-state index is 12.7. The average molecular weight is 483 g/mol. The number of rotatable bonds is 10. The van der Waals surface area contributed by atoms with Crippen LogP contribution in [0.3, 0.4) is 0 Å². The molecule has 0 aliphatic heterocycles. The summed E-state index contributed by atoms with van der Waals surface area (Å²) in [6, 6.07) is 4.09. The van der Waals surface area contributed by atoms with Gasteiger partial charge < -0.3 is 15.4 Å². The normalized spacial score (nSPS) is 11.8. The molecule has 33 heavy (non-hydrogen) atoms. The monoisotopic (exact) mass is 482 g/mol. The molecule has 0 spiro atoms. The number of nitrogens with one attached hydrogen (secondary N) is 2. The topological polar surface area (TPSA) is 94.0 Å². The van der Waals surface area contributed by atoms with E-state index in [1.54, 1.807) is 18.0 Å². The lowest BCUT2D eigenvalue weighted by molar-refractivity contribution is -0.137. The SMILES string of the molecule is COCCNc1nc(SC(C)C)nc2c1cnn2CCNC(=O)c1ccc(C(F)(F)F)cc1. The van der Waals surface area contributed by atoms with Crippen LogP contribution in [0.4, 0.5) is 19.0 Å². The van der Waals surface area contributed by atoms with Gasteiger partial charge in [0.1, 0.15) is 5.82 Å². The Kier molecular flexibility index (Phi) is 8.14. The Bertz CT molecular complexity index is 1090. The van der Waals surface area contributed by atoms with E-state index in [9.17, 15) is 18.0 Å². The highest BCUT2D eigenvalue weighted by molar-refractivity contribution is 7.99. The Balaban J connectivity index is 1.70. The number of halogens is 3. The number of nitrogens with zero attached hydrogens (tertiary/aromatic N) is 4. The number of alkyl halides is 3. The van der Waals surface area contributed by atoms with Gasteiger partial charge in [0, 0.05) is 31.0 Å². The second-order valence-corrected chi connectivity index (χ2v) is 8.92. The Labute approximate surface area is 193 Å². The third kappa shape index (κ3) is 6.57. The van der Waals surface area contributed by atoms with Crippen molar-refractivity contribution in [3.8, 4) is 0 Å². The molecule has 8 nitrogen and oxygen atoms in total. The summed E-state index contributed by atoms with van der Waals surface area (Å²) < 4.78 is 44.8. The number of ether oxygens (including phenoxy) is 1. The molecule has 178 valence electrons. The molecule has 12 heteroatoms. The molecular weight excluding hydrogens is 457 g/mol. The van der Waals surface area contributed by atoms with Crippen LogP contribution in [-0.2, 0) is 17.5 Å². The van der Waals surface area contributed by atoms with Gasteiger partial charge in [0.2, 0.25) is 0 Å². The number of thioether (sulfide) groups is 1. The molecule has 0 aliphatic carbocycles. The van der Waals surface area contributed by atoms with Crippen molar-refractivity contribution in [2.45, 2.75) is 37.0 Å². The van der Waals surface area contributed by atoms with Crippen molar-refractivity contribution in [2.24, 2.45) is 0 Å². The lowest BCUT2D eigenvalue weighted by atomic mass is 10.1. The Morgan fingerprint density at radius 2 is 1.91 bits per heavy atom. The first-order chi connectivity index (χ1) is 15.7. The van der Waals surface area contributed by atoms with Crippen molar-refractivity contribution in [3.05, 3.63) is 41.6 Å². The van der Waals surface area contributed by atoms with E-state index in [1.165, 1.54) is 11.8 Å². The van der Waals surface area contributed by atoms with Gasteiger partial charge >= 0.3 is 6.18 Å². The van der Waals surface area contributed by atoms with Gasteiger partial charge in [-0.15, -0.1) is 0 Å². The highest BCUT2D eigenvalue weighted by Crippen LogP contribution is 2.29. The third-order valence-electron chi connectivity index (χ3n) is 4.50. The molecule has 2 N–H and O–H groups in total. The molecular formula is C21H25F3N6O2S. The van der Waals surface area contributed by atoms with Crippen molar-refractivity contribution in [3.63, 3.8) is 0 Å². The third-order valence-corrected chi connectivity index (χ3v) is 5.36. The summed E-state index contributed by atoms with van der Waals surface area (Å²) in [7, 11) is 1.62. The Morgan fingerprint density at radius 1 is 1.18 bits per heavy atom. The summed E-state index contributed by atoms with van der Waals surface area (Å²) in [6.07, 6.45) is -2.78. The molecule has 3 rings (SSSR count). The number of fused-ring (bicyclic) bond motifs is 1. The van der Waals surface area contributed by atoms with Crippen LogP contribution in [0, 0.1) is 0 Å². The number of anilines is 1. The first kappa shape index (κ1) is 24.8. The van der Waals surface area contributed by atoms with Gasteiger partial charge in [-0.1, -0.05) is 25.6 Å². The number of amides is 1. The van der Waals surface area contributed by atoms with E-state index in [0.717, 1.165) is 29.7 Å². The summed E-state index contributed by atoms with van der Waals surface area (Å²) in [4.78, 5) is 21.5. The second-order valence-electron chi connectivity index (χ2n) is 7.38. The van der Waals surface area contributed by atoms with Crippen molar-refractivity contribution in [1.29, 1.82) is 0 Å². The minimum Gasteiger partial charge on any atom is -0.383 e.